The Kier molecular flexibility index (Phi) is 7.65. The van der Waals surface area contributed by atoms with Crippen molar-refractivity contribution in [3.05, 3.63) is 0 Å². The number of rotatable bonds is 9. The molecule has 1 atom stereocenters. The number of carboxylic acids is 1. The summed E-state index contributed by atoms with van der Waals surface area (Å²) in [7, 11) is -3.60. The molecule has 4 N–H and O–H groups in total. The van der Waals surface area contributed by atoms with Gasteiger partial charge in [-0.3, -0.25) is 9.59 Å². The smallest absolute Gasteiger partial charge is 0.326 e. The summed E-state index contributed by atoms with van der Waals surface area (Å²) in [6.45, 7) is 5.89. The first-order chi connectivity index (χ1) is 10.2. The topological polar surface area (TPSA) is 142 Å². The molecule has 2 amide bonds. The van der Waals surface area contributed by atoms with E-state index >= 15 is 0 Å². The molecule has 23 heavy (non-hydrogen) atoms. The lowest BCUT2D eigenvalue weighted by atomic mass is 10.0. The van der Waals surface area contributed by atoms with Gasteiger partial charge in [-0.05, 0) is 26.2 Å². The van der Waals surface area contributed by atoms with Gasteiger partial charge < -0.3 is 15.7 Å². The van der Waals surface area contributed by atoms with E-state index in [2.05, 4.69) is 15.4 Å². The molecule has 0 aliphatic rings. The molecule has 0 aromatic rings. The Hall–Kier alpha value is -1.68. The van der Waals surface area contributed by atoms with Crippen molar-refractivity contribution in [2.75, 3.05) is 12.8 Å². The number of carboxylic acid groups (broad SMARTS) is 1. The molecule has 0 aromatic carbocycles. The van der Waals surface area contributed by atoms with Crippen LogP contribution in [0.4, 0.5) is 0 Å². The number of carbonyl (C=O) groups excluding carboxylic acids is 2. The highest BCUT2D eigenvalue weighted by Crippen LogP contribution is 2.05. The summed E-state index contributed by atoms with van der Waals surface area (Å²) in [6, 6.07) is -1.04. The molecule has 0 heterocycles. The van der Waals surface area contributed by atoms with Crippen LogP contribution in [0.25, 0.3) is 0 Å². The van der Waals surface area contributed by atoms with Gasteiger partial charge in [-0.15, -0.1) is 0 Å². The number of amides is 2. The Morgan fingerprint density at radius 1 is 1.17 bits per heavy atom. The van der Waals surface area contributed by atoms with Crippen LogP contribution in [0.2, 0.25) is 0 Å². The third-order valence-electron chi connectivity index (χ3n) is 2.76. The molecular weight excluding hydrogens is 326 g/mol. The van der Waals surface area contributed by atoms with Crippen molar-refractivity contribution in [1.82, 2.24) is 15.4 Å². The molecule has 0 radical (unpaired) electrons. The fourth-order valence-corrected chi connectivity index (χ4v) is 2.85. The van der Waals surface area contributed by atoms with Crippen molar-refractivity contribution in [2.45, 2.75) is 45.7 Å². The monoisotopic (exact) mass is 351 g/mol. The first-order valence-corrected chi connectivity index (χ1v) is 8.93. The van der Waals surface area contributed by atoms with E-state index in [0.29, 0.717) is 0 Å². The van der Waals surface area contributed by atoms with Crippen LogP contribution >= 0.6 is 0 Å². The molecule has 134 valence electrons. The van der Waals surface area contributed by atoms with E-state index < -0.39 is 45.9 Å². The first-order valence-electron chi connectivity index (χ1n) is 7.04. The maximum absolute atomic E-state index is 11.9. The number of nitrogens with one attached hydrogen (secondary N) is 3. The van der Waals surface area contributed by atoms with Crippen LogP contribution in [0.1, 0.15) is 34.1 Å². The second-order valence-electron chi connectivity index (χ2n) is 6.27. The summed E-state index contributed by atoms with van der Waals surface area (Å²) in [5.74, 6) is -2.45. The summed E-state index contributed by atoms with van der Waals surface area (Å²) in [5, 5.41) is 13.6. The average molecular weight is 351 g/mol. The zero-order valence-corrected chi connectivity index (χ0v) is 14.8. The Morgan fingerprint density at radius 2 is 1.70 bits per heavy atom. The second kappa shape index (κ2) is 8.25. The predicted molar refractivity (Wildman–Crippen MR) is 84.1 cm³/mol. The van der Waals surface area contributed by atoms with Gasteiger partial charge in [0, 0.05) is 0 Å². The highest BCUT2D eigenvalue weighted by molar-refractivity contribution is 7.88. The highest BCUT2D eigenvalue weighted by Gasteiger charge is 2.31. The van der Waals surface area contributed by atoms with Gasteiger partial charge in [0.15, 0.2) is 0 Å². The van der Waals surface area contributed by atoms with Crippen LogP contribution in [0.15, 0.2) is 0 Å². The van der Waals surface area contributed by atoms with Gasteiger partial charge in [0.25, 0.3) is 0 Å². The fourth-order valence-electron chi connectivity index (χ4n) is 1.83. The van der Waals surface area contributed by atoms with Crippen LogP contribution in [0.3, 0.4) is 0 Å². The molecule has 0 spiro atoms. The Labute approximate surface area is 136 Å². The predicted octanol–water partition coefficient (Wildman–Crippen LogP) is -0.954. The van der Waals surface area contributed by atoms with Crippen LogP contribution in [-0.2, 0) is 24.4 Å². The minimum absolute atomic E-state index is 0.0730. The average Bonchev–Trinajstić information content (AvgIpc) is 2.31. The molecule has 0 aliphatic heterocycles. The van der Waals surface area contributed by atoms with Crippen molar-refractivity contribution in [3.63, 3.8) is 0 Å². The largest absolute Gasteiger partial charge is 0.480 e. The number of sulfonamides is 1. The van der Waals surface area contributed by atoms with E-state index in [-0.39, 0.29) is 12.3 Å². The lowest BCUT2D eigenvalue weighted by Crippen LogP contribution is -2.56. The summed E-state index contributed by atoms with van der Waals surface area (Å²) in [5.41, 5.74) is -1.43. The lowest BCUT2D eigenvalue weighted by Gasteiger charge is -2.24. The molecule has 0 rings (SSSR count). The molecule has 0 saturated carbocycles. The maximum atomic E-state index is 11.9. The zero-order chi connectivity index (χ0) is 18.4. The van der Waals surface area contributed by atoms with E-state index in [1.54, 1.807) is 0 Å². The van der Waals surface area contributed by atoms with E-state index in [1.165, 1.54) is 13.8 Å². The zero-order valence-electron chi connectivity index (χ0n) is 14.0. The molecule has 0 aliphatic carbocycles. The van der Waals surface area contributed by atoms with E-state index in [0.717, 1.165) is 6.26 Å². The van der Waals surface area contributed by atoms with Crippen LogP contribution in [0.5, 0.6) is 0 Å². The SMILES string of the molecule is CC(C)C[C@H](NC(=O)CNC(=O)C(C)(C)NS(C)(=O)=O)C(=O)O. The van der Waals surface area contributed by atoms with Crippen LogP contribution < -0.4 is 15.4 Å². The van der Waals surface area contributed by atoms with Gasteiger partial charge in [0.1, 0.15) is 11.6 Å². The van der Waals surface area contributed by atoms with E-state index in [9.17, 15) is 22.8 Å². The quantitative estimate of drug-likeness (QED) is 0.422. The number of hydrogen-bond acceptors (Lipinski definition) is 5. The minimum atomic E-state index is -3.60. The molecule has 0 fully saturated rings. The standard InChI is InChI=1S/C13H25N3O6S/c1-8(2)6-9(11(18)19)15-10(17)7-14-12(20)13(3,4)16-23(5,21)22/h8-9,16H,6-7H2,1-5H3,(H,14,20)(H,15,17)(H,18,19)/t9-/m0/s1. The van der Waals surface area contributed by atoms with Gasteiger partial charge in [0.05, 0.1) is 12.8 Å². The third-order valence-corrected chi connectivity index (χ3v) is 3.64. The Balaban J connectivity index is 4.58. The minimum Gasteiger partial charge on any atom is -0.480 e. The second-order valence-corrected chi connectivity index (χ2v) is 8.02. The molecule has 10 heteroatoms. The maximum Gasteiger partial charge on any atom is 0.326 e. The molecule has 0 bridgehead atoms. The Morgan fingerprint density at radius 3 is 2.09 bits per heavy atom. The Bertz CT molecular complexity index is 556. The van der Waals surface area contributed by atoms with Crippen molar-refractivity contribution in [2.24, 2.45) is 5.92 Å². The van der Waals surface area contributed by atoms with E-state index in [4.69, 9.17) is 5.11 Å². The fraction of sp³-hybridized carbons (Fsp3) is 0.769. The van der Waals surface area contributed by atoms with Crippen LogP contribution in [-0.4, -0.2) is 55.7 Å². The molecule has 0 saturated heterocycles. The van der Waals surface area contributed by atoms with Crippen molar-refractivity contribution >= 4 is 27.8 Å². The summed E-state index contributed by atoms with van der Waals surface area (Å²) < 4.78 is 24.5. The molecule has 0 unspecified atom stereocenters. The van der Waals surface area contributed by atoms with E-state index in [1.807, 2.05) is 13.8 Å². The molecule has 9 nitrogen and oxygen atoms in total. The first kappa shape index (κ1) is 21.3. The van der Waals surface area contributed by atoms with Crippen molar-refractivity contribution in [3.8, 4) is 0 Å². The van der Waals surface area contributed by atoms with Gasteiger partial charge in [-0.25, -0.2) is 17.9 Å². The van der Waals surface area contributed by atoms with Gasteiger partial charge >= 0.3 is 5.97 Å². The van der Waals surface area contributed by atoms with Gasteiger partial charge in [0.2, 0.25) is 21.8 Å². The van der Waals surface area contributed by atoms with Gasteiger partial charge in [-0.1, -0.05) is 13.8 Å². The summed E-state index contributed by atoms with van der Waals surface area (Å²) >= 11 is 0. The van der Waals surface area contributed by atoms with Crippen molar-refractivity contribution < 1.29 is 27.9 Å². The van der Waals surface area contributed by atoms with Crippen molar-refractivity contribution in [1.29, 1.82) is 0 Å². The number of aliphatic carboxylic acids is 1. The lowest BCUT2D eigenvalue weighted by molar-refractivity contribution is -0.142. The number of carbonyl (C=O) groups is 3. The molecular formula is C13H25N3O6S. The summed E-state index contributed by atoms with van der Waals surface area (Å²) in [6.07, 6.45) is 1.17. The van der Waals surface area contributed by atoms with Crippen LogP contribution in [0, 0.1) is 5.92 Å². The third kappa shape index (κ3) is 9.14. The summed E-state index contributed by atoms with van der Waals surface area (Å²) in [4.78, 5) is 34.7. The highest BCUT2D eigenvalue weighted by atomic mass is 32.2. The molecule has 0 aromatic heterocycles. The number of hydrogen-bond donors (Lipinski definition) is 4. The normalized spacial score (nSPS) is 13.5. The van der Waals surface area contributed by atoms with Gasteiger partial charge in [-0.2, -0.15) is 0 Å².